The van der Waals surface area contributed by atoms with Gasteiger partial charge >= 0.3 is 5.97 Å². The third-order valence-corrected chi connectivity index (χ3v) is 4.94. The molecule has 6 heteroatoms. The van der Waals surface area contributed by atoms with Gasteiger partial charge in [-0.15, -0.1) is 0 Å². The van der Waals surface area contributed by atoms with Crippen molar-refractivity contribution in [1.29, 1.82) is 0 Å². The largest absolute Gasteiger partial charge is 0.486 e. The molecular formula is C25H23NO5. The number of rotatable bonds is 7. The van der Waals surface area contributed by atoms with Gasteiger partial charge in [0, 0.05) is 0 Å². The average Bonchev–Trinajstić information content (AvgIpc) is 2.83. The van der Waals surface area contributed by atoms with Gasteiger partial charge in [-0.2, -0.15) is 0 Å². The number of benzene rings is 3. The Labute approximate surface area is 180 Å². The zero-order valence-corrected chi connectivity index (χ0v) is 16.9. The number of hydrogen-bond donors (Lipinski definition) is 1. The molecule has 31 heavy (non-hydrogen) atoms. The molecule has 1 amide bonds. The Hall–Kier alpha value is -3.80. The van der Waals surface area contributed by atoms with Crippen LogP contribution in [0.1, 0.15) is 17.0 Å². The molecule has 158 valence electrons. The van der Waals surface area contributed by atoms with Gasteiger partial charge in [0.2, 0.25) is 0 Å². The lowest BCUT2D eigenvalue weighted by molar-refractivity contribution is -0.149. The SMILES string of the molecule is O=C(COC(=O)C(c1ccccc1)c1ccccc1)NCC1COc2ccccc2O1. The molecule has 0 bridgehead atoms. The van der Waals surface area contributed by atoms with Crippen LogP contribution in [0.4, 0.5) is 0 Å². The molecule has 0 saturated carbocycles. The van der Waals surface area contributed by atoms with Gasteiger partial charge in [0.1, 0.15) is 18.6 Å². The van der Waals surface area contributed by atoms with Gasteiger partial charge in [-0.3, -0.25) is 9.59 Å². The number of para-hydroxylation sites is 2. The van der Waals surface area contributed by atoms with Crippen molar-refractivity contribution >= 4 is 11.9 Å². The smallest absolute Gasteiger partial charge is 0.318 e. The highest BCUT2D eigenvalue weighted by Crippen LogP contribution is 2.30. The Kier molecular flexibility index (Phi) is 6.47. The molecule has 0 spiro atoms. The Bertz CT molecular complexity index is 983. The van der Waals surface area contributed by atoms with E-state index >= 15 is 0 Å². The molecule has 1 aliphatic rings. The second-order valence-electron chi connectivity index (χ2n) is 7.16. The molecular weight excluding hydrogens is 394 g/mol. The minimum atomic E-state index is -0.596. The molecule has 0 radical (unpaired) electrons. The molecule has 3 aromatic carbocycles. The summed E-state index contributed by atoms with van der Waals surface area (Å²) in [4.78, 5) is 25.1. The summed E-state index contributed by atoms with van der Waals surface area (Å²) < 4.78 is 16.8. The minimum Gasteiger partial charge on any atom is -0.486 e. The van der Waals surface area contributed by atoms with Gasteiger partial charge in [0.25, 0.3) is 5.91 Å². The second-order valence-corrected chi connectivity index (χ2v) is 7.16. The number of ether oxygens (including phenoxy) is 3. The predicted molar refractivity (Wildman–Crippen MR) is 115 cm³/mol. The van der Waals surface area contributed by atoms with Gasteiger partial charge in [0.05, 0.1) is 6.54 Å². The fourth-order valence-electron chi connectivity index (χ4n) is 3.42. The summed E-state index contributed by atoms with van der Waals surface area (Å²) in [6, 6.07) is 26.1. The van der Waals surface area contributed by atoms with Crippen LogP contribution >= 0.6 is 0 Å². The standard InChI is InChI=1S/C25H23NO5/c27-23(26-15-20-16-29-21-13-7-8-14-22(21)31-20)17-30-25(28)24(18-9-3-1-4-10-18)19-11-5-2-6-12-19/h1-14,20,24H,15-17H2,(H,26,27). The van der Waals surface area contributed by atoms with E-state index in [1.165, 1.54) is 0 Å². The Morgan fingerprint density at radius 1 is 0.871 bits per heavy atom. The maximum atomic E-state index is 12.8. The molecule has 0 fully saturated rings. The van der Waals surface area contributed by atoms with Gasteiger partial charge in [-0.25, -0.2) is 0 Å². The van der Waals surface area contributed by atoms with Crippen molar-refractivity contribution in [3.8, 4) is 11.5 Å². The van der Waals surface area contributed by atoms with E-state index in [1.54, 1.807) is 0 Å². The van der Waals surface area contributed by atoms with Crippen LogP contribution in [0.3, 0.4) is 0 Å². The van der Waals surface area contributed by atoms with Crippen LogP contribution in [0.2, 0.25) is 0 Å². The first-order valence-electron chi connectivity index (χ1n) is 10.1. The van der Waals surface area contributed by atoms with E-state index in [0.29, 0.717) is 18.1 Å². The molecule has 4 rings (SSSR count). The Morgan fingerprint density at radius 2 is 1.45 bits per heavy atom. The van der Waals surface area contributed by atoms with Crippen LogP contribution in [-0.4, -0.2) is 37.7 Å². The molecule has 0 aliphatic carbocycles. The van der Waals surface area contributed by atoms with E-state index in [9.17, 15) is 9.59 Å². The lowest BCUT2D eigenvalue weighted by Crippen LogP contribution is -2.42. The van der Waals surface area contributed by atoms with Crippen LogP contribution in [0.25, 0.3) is 0 Å². The van der Waals surface area contributed by atoms with Crippen LogP contribution in [0.5, 0.6) is 11.5 Å². The number of nitrogens with one attached hydrogen (secondary N) is 1. The van der Waals surface area contributed by atoms with Crippen LogP contribution < -0.4 is 14.8 Å². The highest BCUT2D eigenvalue weighted by molar-refractivity contribution is 5.85. The lowest BCUT2D eigenvalue weighted by atomic mass is 9.91. The van der Waals surface area contributed by atoms with Crippen molar-refractivity contribution in [3.05, 3.63) is 96.1 Å². The number of carbonyl (C=O) groups excluding carboxylic acids is 2. The first kappa shape index (κ1) is 20.5. The highest BCUT2D eigenvalue weighted by atomic mass is 16.6. The molecule has 1 atom stereocenters. The van der Waals surface area contributed by atoms with E-state index in [2.05, 4.69) is 5.32 Å². The summed E-state index contributed by atoms with van der Waals surface area (Å²) in [6.45, 7) is 0.228. The fourth-order valence-corrected chi connectivity index (χ4v) is 3.42. The van der Waals surface area contributed by atoms with Crippen molar-refractivity contribution in [2.24, 2.45) is 0 Å². The summed E-state index contributed by atoms with van der Waals surface area (Å²) in [5, 5.41) is 2.74. The van der Waals surface area contributed by atoms with E-state index in [-0.39, 0.29) is 19.3 Å². The first-order valence-corrected chi connectivity index (χ1v) is 10.1. The summed E-state index contributed by atoms with van der Waals surface area (Å²) in [7, 11) is 0. The topological polar surface area (TPSA) is 73.9 Å². The van der Waals surface area contributed by atoms with Crippen LogP contribution in [0, 0.1) is 0 Å². The molecule has 1 heterocycles. The highest BCUT2D eigenvalue weighted by Gasteiger charge is 2.25. The summed E-state index contributed by atoms with van der Waals surface area (Å²) in [5.41, 5.74) is 1.62. The van der Waals surface area contributed by atoms with Crippen molar-refractivity contribution in [2.45, 2.75) is 12.0 Å². The third-order valence-electron chi connectivity index (χ3n) is 4.94. The normalized spacial score (nSPS) is 14.7. The first-order chi connectivity index (χ1) is 15.2. The minimum absolute atomic E-state index is 0.255. The van der Waals surface area contributed by atoms with Crippen molar-refractivity contribution in [1.82, 2.24) is 5.32 Å². The van der Waals surface area contributed by atoms with Gasteiger partial charge in [0.15, 0.2) is 18.1 Å². The monoisotopic (exact) mass is 417 g/mol. The average molecular weight is 417 g/mol. The Morgan fingerprint density at radius 3 is 2.10 bits per heavy atom. The number of amides is 1. The molecule has 6 nitrogen and oxygen atoms in total. The number of carbonyl (C=O) groups is 2. The second kappa shape index (κ2) is 9.80. The fraction of sp³-hybridized carbons (Fsp3) is 0.200. The zero-order valence-electron chi connectivity index (χ0n) is 16.9. The lowest BCUT2D eigenvalue weighted by Gasteiger charge is -2.26. The van der Waals surface area contributed by atoms with Crippen molar-refractivity contribution in [3.63, 3.8) is 0 Å². The number of hydrogen-bond acceptors (Lipinski definition) is 5. The Balaban J connectivity index is 1.31. The van der Waals surface area contributed by atoms with E-state index in [1.807, 2.05) is 84.9 Å². The maximum absolute atomic E-state index is 12.8. The van der Waals surface area contributed by atoms with Crippen molar-refractivity contribution < 1.29 is 23.8 Å². The molecule has 0 saturated heterocycles. The van der Waals surface area contributed by atoms with Crippen molar-refractivity contribution in [2.75, 3.05) is 19.8 Å². The van der Waals surface area contributed by atoms with Gasteiger partial charge < -0.3 is 19.5 Å². The quantitative estimate of drug-likeness (QED) is 0.597. The summed E-state index contributed by atoms with van der Waals surface area (Å²) >= 11 is 0. The molecule has 3 aromatic rings. The predicted octanol–water partition coefficient (Wildman–Crippen LogP) is 3.32. The number of fused-ring (bicyclic) bond motifs is 1. The van der Waals surface area contributed by atoms with Crippen LogP contribution in [0.15, 0.2) is 84.9 Å². The van der Waals surface area contributed by atoms with Crippen LogP contribution in [-0.2, 0) is 14.3 Å². The summed E-state index contributed by atoms with van der Waals surface area (Å²) in [5.74, 6) is -0.129. The molecule has 1 N–H and O–H groups in total. The molecule has 1 aliphatic heterocycles. The zero-order chi connectivity index (χ0) is 21.5. The van der Waals surface area contributed by atoms with E-state index in [4.69, 9.17) is 14.2 Å². The van der Waals surface area contributed by atoms with Gasteiger partial charge in [-0.1, -0.05) is 72.8 Å². The maximum Gasteiger partial charge on any atom is 0.318 e. The third kappa shape index (κ3) is 5.22. The molecule has 0 aromatic heterocycles. The number of esters is 1. The molecule has 1 unspecified atom stereocenters. The van der Waals surface area contributed by atoms with Gasteiger partial charge in [-0.05, 0) is 23.3 Å². The van der Waals surface area contributed by atoms with E-state index in [0.717, 1.165) is 11.1 Å². The summed E-state index contributed by atoms with van der Waals surface area (Å²) in [6.07, 6.45) is -0.309. The van der Waals surface area contributed by atoms with E-state index < -0.39 is 17.8 Å².